The molecule has 1 unspecified atom stereocenters. The molecule has 3 rings (SSSR count). The Morgan fingerprint density at radius 2 is 2.30 bits per heavy atom. The van der Waals surface area contributed by atoms with Crippen LogP contribution in [0.2, 0.25) is 0 Å². The summed E-state index contributed by atoms with van der Waals surface area (Å²) in [5, 5.41) is 18.0. The Morgan fingerprint density at radius 1 is 1.50 bits per heavy atom. The van der Waals surface area contributed by atoms with Crippen molar-refractivity contribution in [3.05, 3.63) is 30.0 Å². The number of nitrogens with zero attached hydrogens (tertiary/aromatic N) is 2. The van der Waals surface area contributed by atoms with Crippen molar-refractivity contribution >= 4 is 16.8 Å². The number of benzene rings is 1. The van der Waals surface area contributed by atoms with Crippen molar-refractivity contribution in [2.24, 2.45) is 0 Å². The summed E-state index contributed by atoms with van der Waals surface area (Å²) < 4.78 is 0. The molecule has 1 saturated heterocycles. The predicted octanol–water partition coefficient (Wildman–Crippen LogP) is 1.94. The van der Waals surface area contributed by atoms with Gasteiger partial charge in [-0.25, -0.2) is 0 Å². The third kappa shape index (κ3) is 2.18. The normalized spacial score (nSPS) is 19.8. The number of likely N-dealkylation sites (tertiary alicyclic amines) is 1. The molecular weight excluding hydrogens is 254 g/mol. The molecule has 5 heteroatoms. The maximum Gasteiger partial charge on any atom is 0.254 e. The molecule has 0 radical (unpaired) electrons. The van der Waals surface area contributed by atoms with Crippen molar-refractivity contribution in [2.75, 3.05) is 6.54 Å². The van der Waals surface area contributed by atoms with Crippen LogP contribution in [0.1, 0.15) is 37.0 Å². The van der Waals surface area contributed by atoms with Crippen LogP contribution in [0.5, 0.6) is 0 Å². The molecule has 1 atom stereocenters. The minimum Gasteiger partial charge on any atom is -0.388 e. The molecule has 0 saturated carbocycles. The first-order chi connectivity index (χ1) is 9.47. The number of aromatic nitrogens is 2. The van der Waals surface area contributed by atoms with E-state index in [1.807, 2.05) is 18.2 Å². The average molecular weight is 273 g/mol. The van der Waals surface area contributed by atoms with Crippen molar-refractivity contribution in [3.63, 3.8) is 0 Å². The largest absolute Gasteiger partial charge is 0.388 e. The van der Waals surface area contributed by atoms with Crippen molar-refractivity contribution in [1.82, 2.24) is 15.1 Å². The summed E-state index contributed by atoms with van der Waals surface area (Å²) in [6.07, 6.45) is 3.50. The number of hydrogen-bond donors (Lipinski definition) is 2. The first kappa shape index (κ1) is 13.1. The lowest BCUT2D eigenvalue weighted by Crippen LogP contribution is -2.48. The Hall–Kier alpha value is -1.88. The molecular formula is C15H19N3O2. The molecule has 1 aromatic carbocycles. The minimum absolute atomic E-state index is 0.0160. The van der Waals surface area contributed by atoms with Crippen LogP contribution in [0, 0.1) is 0 Å². The van der Waals surface area contributed by atoms with E-state index in [9.17, 15) is 9.90 Å². The topological polar surface area (TPSA) is 69.2 Å². The minimum atomic E-state index is -0.869. The van der Waals surface area contributed by atoms with E-state index in [-0.39, 0.29) is 11.9 Å². The van der Waals surface area contributed by atoms with E-state index in [0.717, 1.165) is 23.7 Å². The summed E-state index contributed by atoms with van der Waals surface area (Å²) in [6.45, 7) is 4.24. The number of aliphatic hydroxyl groups is 1. The van der Waals surface area contributed by atoms with Gasteiger partial charge in [0.05, 0.1) is 23.4 Å². The van der Waals surface area contributed by atoms with Gasteiger partial charge < -0.3 is 10.0 Å². The summed E-state index contributed by atoms with van der Waals surface area (Å²) in [5.41, 5.74) is 0.698. The van der Waals surface area contributed by atoms with Crippen LogP contribution in [0.3, 0.4) is 0 Å². The van der Waals surface area contributed by atoms with Gasteiger partial charge in [0.1, 0.15) is 0 Å². The first-order valence-electron chi connectivity index (χ1n) is 6.93. The van der Waals surface area contributed by atoms with Gasteiger partial charge >= 0.3 is 0 Å². The number of fused-ring (bicyclic) bond motifs is 1. The van der Waals surface area contributed by atoms with Crippen molar-refractivity contribution in [1.29, 1.82) is 0 Å². The third-order valence-corrected chi connectivity index (χ3v) is 4.02. The Bertz CT molecular complexity index is 642. The van der Waals surface area contributed by atoms with E-state index in [2.05, 4.69) is 10.2 Å². The number of carbonyl (C=O) groups excluding carboxylic acids is 1. The van der Waals surface area contributed by atoms with E-state index >= 15 is 0 Å². The molecule has 20 heavy (non-hydrogen) atoms. The summed E-state index contributed by atoms with van der Waals surface area (Å²) in [7, 11) is 0. The number of hydrogen-bond acceptors (Lipinski definition) is 3. The van der Waals surface area contributed by atoms with Crippen molar-refractivity contribution < 1.29 is 9.90 Å². The zero-order valence-electron chi connectivity index (χ0n) is 11.8. The Labute approximate surface area is 117 Å². The lowest BCUT2D eigenvalue weighted by molar-refractivity contribution is 0.000343. The van der Waals surface area contributed by atoms with Gasteiger partial charge in [-0.1, -0.05) is 0 Å². The third-order valence-electron chi connectivity index (χ3n) is 4.02. The van der Waals surface area contributed by atoms with E-state index in [1.165, 1.54) is 0 Å². The fourth-order valence-electron chi connectivity index (χ4n) is 2.99. The molecule has 0 spiro atoms. The summed E-state index contributed by atoms with van der Waals surface area (Å²) in [6, 6.07) is 5.41. The number of rotatable bonds is 2. The molecule has 5 nitrogen and oxygen atoms in total. The molecule has 0 aliphatic carbocycles. The van der Waals surface area contributed by atoms with Gasteiger partial charge in [-0.3, -0.25) is 9.89 Å². The van der Waals surface area contributed by atoms with Crippen LogP contribution < -0.4 is 0 Å². The molecule has 1 fully saturated rings. The van der Waals surface area contributed by atoms with Crippen molar-refractivity contribution in [2.45, 2.75) is 38.3 Å². The van der Waals surface area contributed by atoms with E-state index in [1.54, 1.807) is 24.9 Å². The maximum atomic E-state index is 12.7. The molecule has 1 aliphatic heterocycles. The van der Waals surface area contributed by atoms with Crippen LogP contribution in [0.15, 0.2) is 24.4 Å². The lowest BCUT2D eigenvalue weighted by atomic mass is 9.96. The van der Waals surface area contributed by atoms with Gasteiger partial charge in [0.15, 0.2) is 0 Å². The van der Waals surface area contributed by atoms with Gasteiger partial charge in [-0.05, 0) is 44.9 Å². The van der Waals surface area contributed by atoms with Gasteiger partial charge in [0.2, 0.25) is 0 Å². The van der Waals surface area contributed by atoms with Gasteiger partial charge in [0, 0.05) is 17.5 Å². The van der Waals surface area contributed by atoms with E-state index < -0.39 is 5.60 Å². The fourth-order valence-corrected chi connectivity index (χ4v) is 2.99. The second-order valence-corrected chi connectivity index (χ2v) is 5.98. The molecule has 2 N–H and O–H groups in total. The molecule has 106 valence electrons. The zero-order valence-corrected chi connectivity index (χ0v) is 11.8. The number of nitrogens with one attached hydrogen (secondary N) is 1. The number of amides is 1. The Kier molecular flexibility index (Phi) is 3.01. The maximum absolute atomic E-state index is 12.7. The second-order valence-electron chi connectivity index (χ2n) is 5.98. The van der Waals surface area contributed by atoms with Crippen LogP contribution >= 0.6 is 0 Å². The smallest absolute Gasteiger partial charge is 0.254 e. The van der Waals surface area contributed by atoms with Crippen LogP contribution in [-0.4, -0.2) is 44.3 Å². The Balaban J connectivity index is 1.91. The number of H-pyrrole nitrogens is 1. The standard InChI is InChI=1S/C15H19N3O2/c1-15(2,20)13-4-3-7-18(13)14(19)10-5-6-12-11(8-10)9-16-17-12/h5-6,8-9,13,20H,3-4,7H2,1-2H3,(H,16,17). The van der Waals surface area contributed by atoms with E-state index in [0.29, 0.717) is 12.1 Å². The van der Waals surface area contributed by atoms with Gasteiger partial charge in [0.25, 0.3) is 5.91 Å². The fraction of sp³-hybridized carbons (Fsp3) is 0.467. The molecule has 1 aromatic heterocycles. The van der Waals surface area contributed by atoms with Crippen LogP contribution in [-0.2, 0) is 0 Å². The summed E-state index contributed by atoms with van der Waals surface area (Å²) in [4.78, 5) is 14.4. The lowest BCUT2D eigenvalue weighted by Gasteiger charge is -2.33. The first-order valence-corrected chi connectivity index (χ1v) is 6.93. The SMILES string of the molecule is CC(C)(O)C1CCCN1C(=O)c1ccc2[nH]ncc2c1. The predicted molar refractivity (Wildman–Crippen MR) is 76.5 cm³/mol. The van der Waals surface area contributed by atoms with Crippen LogP contribution in [0.25, 0.3) is 10.9 Å². The molecule has 1 amide bonds. The van der Waals surface area contributed by atoms with E-state index in [4.69, 9.17) is 0 Å². The monoisotopic (exact) mass is 273 g/mol. The quantitative estimate of drug-likeness (QED) is 0.878. The molecule has 2 heterocycles. The van der Waals surface area contributed by atoms with Gasteiger partial charge in [-0.2, -0.15) is 5.10 Å². The van der Waals surface area contributed by atoms with Crippen molar-refractivity contribution in [3.8, 4) is 0 Å². The number of carbonyl (C=O) groups is 1. The zero-order chi connectivity index (χ0) is 14.3. The van der Waals surface area contributed by atoms with Gasteiger partial charge in [-0.15, -0.1) is 0 Å². The second kappa shape index (κ2) is 4.59. The summed E-state index contributed by atoms with van der Waals surface area (Å²) >= 11 is 0. The number of aromatic amines is 1. The molecule has 1 aliphatic rings. The molecule has 2 aromatic rings. The highest BCUT2D eigenvalue weighted by Crippen LogP contribution is 2.28. The molecule has 0 bridgehead atoms. The highest BCUT2D eigenvalue weighted by Gasteiger charge is 2.38. The summed E-state index contributed by atoms with van der Waals surface area (Å²) in [5.74, 6) is -0.0160. The highest BCUT2D eigenvalue weighted by molar-refractivity contribution is 5.98. The Morgan fingerprint density at radius 3 is 3.05 bits per heavy atom. The highest BCUT2D eigenvalue weighted by atomic mass is 16.3. The van der Waals surface area contributed by atoms with Crippen LogP contribution in [0.4, 0.5) is 0 Å². The average Bonchev–Trinajstić information content (AvgIpc) is 3.05.